The summed E-state index contributed by atoms with van der Waals surface area (Å²) < 4.78 is 0. The number of fused-ring (bicyclic) bond motifs is 1. The number of carbonyl (C=O) groups is 3. The Labute approximate surface area is 258 Å². The molecular formula is C34H39N7O3. The topological polar surface area (TPSA) is 134 Å². The maximum atomic E-state index is 12.7. The number of nitrogens with two attached hydrogens (primary N) is 1. The van der Waals surface area contributed by atoms with Gasteiger partial charge in [0.1, 0.15) is 5.69 Å². The van der Waals surface area contributed by atoms with Crippen molar-refractivity contribution < 1.29 is 14.4 Å². The largest absolute Gasteiger partial charge is 0.368 e. The minimum Gasteiger partial charge on any atom is -0.368 e. The van der Waals surface area contributed by atoms with Crippen LogP contribution in [0.5, 0.6) is 0 Å². The van der Waals surface area contributed by atoms with Crippen LogP contribution in [0.25, 0.3) is 10.8 Å². The van der Waals surface area contributed by atoms with E-state index in [2.05, 4.69) is 51.4 Å². The third kappa shape index (κ3) is 8.26. The summed E-state index contributed by atoms with van der Waals surface area (Å²) in [5.74, 6) is -0.777. The van der Waals surface area contributed by atoms with E-state index in [4.69, 9.17) is 5.73 Å². The Kier molecular flexibility index (Phi) is 11.1. The molecule has 0 bridgehead atoms. The fourth-order valence-electron chi connectivity index (χ4n) is 5.25. The summed E-state index contributed by atoms with van der Waals surface area (Å²) in [6.07, 6.45) is 6.32. The van der Waals surface area contributed by atoms with Crippen molar-refractivity contribution in [2.24, 2.45) is 5.73 Å². The molecule has 1 heterocycles. The van der Waals surface area contributed by atoms with Crippen LogP contribution in [-0.2, 0) is 16.0 Å². The Bertz CT molecular complexity index is 1600. The van der Waals surface area contributed by atoms with Crippen molar-refractivity contribution >= 4 is 34.7 Å². The number of aromatic nitrogens is 2. The van der Waals surface area contributed by atoms with Crippen LogP contribution in [-0.4, -0.2) is 71.2 Å². The van der Waals surface area contributed by atoms with Gasteiger partial charge in [0, 0.05) is 49.8 Å². The zero-order valence-electron chi connectivity index (χ0n) is 25.2. The predicted molar refractivity (Wildman–Crippen MR) is 173 cm³/mol. The molecule has 0 fully saturated rings. The number of rotatable bonds is 16. The van der Waals surface area contributed by atoms with Gasteiger partial charge in [0.05, 0.1) is 18.8 Å². The first-order valence-electron chi connectivity index (χ1n) is 14.5. The molecule has 4 N–H and O–H groups in total. The first kappa shape index (κ1) is 31.8. The van der Waals surface area contributed by atoms with Crippen LogP contribution in [0.15, 0.2) is 91.5 Å². The molecule has 10 nitrogen and oxygen atoms in total. The van der Waals surface area contributed by atoms with Crippen molar-refractivity contribution in [1.29, 1.82) is 0 Å². The third-order valence-electron chi connectivity index (χ3n) is 7.61. The fraction of sp³-hybridized carbons (Fsp3) is 0.265. The van der Waals surface area contributed by atoms with Crippen molar-refractivity contribution in [3.05, 3.63) is 114 Å². The van der Waals surface area contributed by atoms with E-state index in [0.29, 0.717) is 38.2 Å². The molecule has 0 aliphatic heterocycles. The van der Waals surface area contributed by atoms with Gasteiger partial charge in [-0.15, -0.1) is 0 Å². The zero-order valence-corrected chi connectivity index (χ0v) is 25.2. The number of primary amides is 1. The van der Waals surface area contributed by atoms with Crippen molar-refractivity contribution in [1.82, 2.24) is 25.1 Å². The highest BCUT2D eigenvalue weighted by Crippen LogP contribution is 2.32. The van der Waals surface area contributed by atoms with Gasteiger partial charge in [0.2, 0.25) is 12.3 Å². The quantitative estimate of drug-likeness (QED) is 0.168. The molecule has 44 heavy (non-hydrogen) atoms. The summed E-state index contributed by atoms with van der Waals surface area (Å²) in [5, 5.41) is 8.12. The van der Waals surface area contributed by atoms with E-state index in [9.17, 15) is 14.4 Å². The van der Waals surface area contributed by atoms with E-state index in [-0.39, 0.29) is 24.2 Å². The van der Waals surface area contributed by atoms with Crippen LogP contribution in [0.3, 0.4) is 0 Å². The highest BCUT2D eigenvalue weighted by atomic mass is 16.2. The van der Waals surface area contributed by atoms with Crippen LogP contribution in [0, 0.1) is 6.92 Å². The molecule has 0 radical (unpaired) electrons. The van der Waals surface area contributed by atoms with E-state index in [1.165, 1.54) is 18.6 Å². The van der Waals surface area contributed by atoms with Gasteiger partial charge in [-0.05, 0) is 60.0 Å². The first-order chi connectivity index (χ1) is 21.3. The lowest BCUT2D eigenvalue weighted by Gasteiger charge is -2.32. The number of anilines is 1. The summed E-state index contributed by atoms with van der Waals surface area (Å²) in [4.78, 5) is 48.7. The van der Waals surface area contributed by atoms with Crippen molar-refractivity contribution in [3.8, 4) is 0 Å². The van der Waals surface area contributed by atoms with Crippen LogP contribution in [0.1, 0.15) is 39.6 Å². The van der Waals surface area contributed by atoms with Gasteiger partial charge in [0.15, 0.2) is 0 Å². The van der Waals surface area contributed by atoms with Gasteiger partial charge in [-0.2, -0.15) is 0 Å². The van der Waals surface area contributed by atoms with Gasteiger partial charge < -0.3 is 26.2 Å². The molecular weight excluding hydrogens is 554 g/mol. The average molecular weight is 594 g/mol. The number of nitrogens with one attached hydrogen (secondary N) is 2. The lowest BCUT2D eigenvalue weighted by Crippen LogP contribution is -2.38. The van der Waals surface area contributed by atoms with Crippen molar-refractivity contribution in [2.75, 3.05) is 38.5 Å². The van der Waals surface area contributed by atoms with Crippen LogP contribution >= 0.6 is 0 Å². The number of aryl methyl sites for hydroxylation is 1. The van der Waals surface area contributed by atoms with Crippen molar-refractivity contribution in [2.45, 2.75) is 25.8 Å². The van der Waals surface area contributed by atoms with E-state index >= 15 is 0 Å². The molecule has 0 aliphatic rings. The molecule has 1 atom stereocenters. The third-order valence-corrected chi connectivity index (χ3v) is 7.61. The number of carbonyl (C=O) groups excluding carboxylic acids is 3. The minimum absolute atomic E-state index is 0.0628. The predicted octanol–water partition coefficient (Wildman–Crippen LogP) is 3.84. The first-order valence-corrected chi connectivity index (χ1v) is 14.5. The highest BCUT2D eigenvalue weighted by Gasteiger charge is 2.23. The maximum absolute atomic E-state index is 12.7. The van der Waals surface area contributed by atoms with Crippen LogP contribution in [0.2, 0.25) is 0 Å². The lowest BCUT2D eigenvalue weighted by molar-refractivity contribution is -0.121. The summed E-state index contributed by atoms with van der Waals surface area (Å²) in [7, 11) is 1.84. The maximum Gasteiger partial charge on any atom is 0.275 e. The molecule has 4 rings (SSSR count). The average Bonchev–Trinajstić information content (AvgIpc) is 3.03. The molecule has 0 aliphatic carbocycles. The normalized spacial score (nSPS) is 11.5. The molecule has 3 aromatic carbocycles. The van der Waals surface area contributed by atoms with Gasteiger partial charge in [-0.25, -0.2) is 4.98 Å². The number of amides is 3. The molecule has 0 spiro atoms. The van der Waals surface area contributed by atoms with Crippen LogP contribution in [0.4, 0.5) is 5.69 Å². The monoisotopic (exact) mass is 593 g/mol. The van der Waals surface area contributed by atoms with Crippen molar-refractivity contribution in [3.63, 3.8) is 0 Å². The molecule has 10 heteroatoms. The van der Waals surface area contributed by atoms with E-state index in [1.807, 2.05) is 55.3 Å². The van der Waals surface area contributed by atoms with E-state index in [0.717, 1.165) is 39.6 Å². The molecule has 1 unspecified atom stereocenters. The summed E-state index contributed by atoms with van der Waals surface area (Å²) in [6.45, 7) is 7.90. The highest BCUT2D eigenvalue weighted by molar-refractivity contribution is 6.02. The molecule has 0 saturated heterocycles. The van der Waals surface area contributed by atoms with Gasteiger partial charge >= 0.3 is 0 Å². The van der Waals surface area contributed by atoms with Gasteiger partial charge in [0.25, 0.3) is 5.91 Å². The fourth-order valence-corrected chi connectivity index (χ4v) is 5.25. The zero-order chi connectivity index (χ0) is 31.5. The van der Waals surface area contributed by atoms with Gasteiger partial charge in [-0.3, -0.25) is 19.4 Å². The SMILES string of the molecule is C=C(CCN(C=O)C(Cc1ccc(NC(=O)c2cnccn2)cc1C)c1cccc2ccccc12)N(CCNC)CC(N)=O. The second-order valence-corrected chi connectivity index (χ2v) is 10.6. The molecule has 0 saturated carbocycles. The Balaban J connectivity index is 1.61. The van der Waals surface area contributed by atoms with E-state index < -0.39 is 5.91 Å². The molecule has 3 amide bonds. The smallest absolute Gasteiger partial charge is 0.275 e. The standard InChI is InChI=1S/C34H39N7O3/c1-24-19-28(39-34(44)31-21-37-14-15-38-31)12-11-27(24)20-32(30-10-6-8-26-7-4-5-9-29(26)30)41(23-42)17-13-25(2)40(18-16-36-3)22-33(35)43/h4-12,14-15,19,21,23,32,36H,2,13,16-18,20,22H2,1,3H3,(H2,35,43)(H,39,44). The summed E-state index contributed by atoms with van der Waals surface area (Å²) in [6, 6.07) is 19.7. The van der Waals surface area contributed by atoms with Crippen LogP contribution < -0.4 is 16.4 Å². The second-order valence-electron chi connectivity index (χ2n) is 10.6. The summed E-state index contributed by atoms with van der Waals surface area (Å²) in [5.41, 5.74) is 10.1. The minimum atomic E-state index is -0.435. The number of hydrogen-bond donors (Lipinski definition) is 3. The number of nitrogens with zero attached hydrogens (tertiary/aromatic N) is 4. The van der Waals surface area contributed by atoms with E-state index in [1.54, 1.807) is 4.90 Å². The number of benzene rings is 3. The number of likely N-dealkylation sites (N-methyl/N-ethyl adjacent to an activating group) is 1. The van der Waals surface area contributed by atoms with Gasteiger partial charge in [-0.1, -0.05) is 55.1 Å². The number of hydrogen-bond acceptors (Lipinski definition) is 7. The molecule has 1 aromatic heterocycles. The summed E-state index contributed by atoms with van der Waals surface area (Å²) >= 11 is 0. The Morgan fingerprint density at radius 2 is 1.86 bits per heavy atom. The lowest BCUT2D eigenvalue weighted by atomic mass is 9.91. The Hall–Kier alpha value is -5.09. The molecule has 4 aromatic rings. The second kappa shape index (κ2) is 15.4. The Morgan fingerprint density at radius 1 is 1.07 bits per heavy atom. The molecule has 228 valence electrons. The Morgan fingerprint density at radius 3 is 2.57 bits per heavy atom.